The van der Waals surface area contributed by atoms with Gasteiger partial charge in [-0.2, -0.15) is 0 Å². The van der Waals surface area contributed by atoms with Gasteiger partial charge in [-0.1, -0.05) is 30.3 Å². The number of likely N-dealkylation sites (tertiary alicyclic amines) is 1. The number of aromatic nitrogens is 1. The molecule has 0 N–H and O–H groups in total. The topological polar surface area (TPSA) is 28.6 Å². The summed E-state index contributed by atoms with van der Waals surface area (Å²) in [6.07, 6.45) is 2.47. The fourth-order valence-corrected chi connectivity index (χ4v) is 4.11. The minimum Gasteiger partial charge on any atom is -0.378 e. The molecule has 5 heteroatoms. The molecule has 0 bridgehead atoms. The molecule has 0 unspecified atom stereocenters. The fourth-order valence-electron chi connectivity index (χ4n) is 3.36. The van der Waals surface area contributed by atoms with Gasteiger partial charge in [-0.3, -0.25) is 9.80 Å². The van der Waals surface area contributed by atoms with Crippen molar-refractivity contribution in [2.24, 2.45) is 0 Å². The molecule has 0 saturated carbocycles. The zero-order valence-corrected chi connectivity index (χ0v) is 15.5. The van der Waals surface area contributed by atoms with Gasteiger partial charge in [0, 0.05) is 31.6 Å². The van der Waals surface area contributed by atoms with Crippen LogP contribution in [0.5, 0.6) is 0 Å². The minimum atomic E-state index is 0.617. The number of ether oxygens (including phenoxy) is 1. The average Bonchev–Trinajstić information content (AvgIpc) is 3.04. The maximum absolute atomic E-state index is 5.15. The van der Waals surface area contributed by atoms with Crippen LogP contribution in [0.25, 0.3) is 0 Å². The van der Waals surface area contributed by atoms with Crippen molar-refractivity contribution in [2.75, 3.05) is 27.2 Å². The van der Waals surface area contributed by atoms with Crippen LogP contribution in [-0.4, -0.2) is 48.1 Å². The number of piperidine rings is 1. The number of hydrogen-bond donors (Lipinski definition) is 0. The first kappa shape index (κ1) is 17.5. The van der Waals surface area contributed by atoms with Crippen LogP contribution in [-0.2, 0) is 24.4 Å². The van der Waals surface area contributed by atoms with Crippen molar-refractivity contribution in [3.63, 3.8) is 0 Å². The Kier molecular flexibility index (Phi) is 6.37. The zero-order valence-electron chi connectivity index (χ0n) is 14.6. The number of nitrogens with zero attached hydrogens (tertiary/aromatic N) is 3. The summed E-state index contributed by atoms with van der Waals surface area (Å²) >= 11 is 1.69. The molecule has 2 aromatic rings. The van der Waals surface area contributed by atoms with Gasteiger partial charge in [-0.15, -0.1) is 11.3 Å². The highest BCUT2D eigenvalue weighted by Gasteiger charge is 2.23. The van der Waals surface area contributed by atoms with E-state index in [9.17, 15) is 0 Å². The summed E-state index contributed by atoms with van der Waals surface area (Å²) in [6, 6.07) is 11.4. The van der Waals surface area contributed by atoms with Crippen LogP contribution in [0.4, 0.5) is 0 Å². The number of methoxy groups -OCH3 is 1. The van der Waals surface area contributed by atoms with Crippen molar-refractivity contribution in [2.45, 2.75) is 38.6 Å². The quantitative estimate of drug-likeness (QED) is 0.769. The maximum atomic E-state index is 5.15. The van der Waals surface area contributed by atoms with Gasteiger partial charge in [0.25, 0.3) is 0 Å². The summed E-state index contributed by atoms with van der Waals surface area (Å²) < 4.78 is 5.15. The zero-order chi connectivity index (χ0) is 16.8. The van der Waals surface area contributed by atoms with Crippen LogP contribution in [0.3, 0.4) is 0 Å². The van der Waals surface area contributed by atoms with Gasteiger partial charge in [0.2, 0.25) is 0 Å². The summed E-state index contributed by atoms with van der Waals surface area (Å²) in [5, 5.41) is 3.23. The molecular formula is C19H27N3OS. The lowest BCUT2D eigenvalue weighted by Gasteiger charge is -2.36. The van der Waals surface area contributed by atoms with Crippen LogP contribution in [0.2, 0.25) is 0 Å². The van der Waals surface area contributed by atoms with E-state index in [0.717, 1.165) is 18.1 Å². The molecule has 3 rings (SSSR count). The summed E-state index contributed by atoms with van der Waals surface area (Å²) in [4.78, 5) is 9.68. The molecule has 1 aliphatic rings. The number of rotatable bonds is 7. The van der Waals surface area contributed by atoms with Crippen molar-refractivity contribution in [3.05, 3.63) is 52.0 Å². The second-order valence-corrected chi connectivity index (χ2v) is 7.52. The number of hydrogen-bond acceptors (Lipinski definition) is 5. The van der Waals surface area contributed by atoms with Gasteiger partial charge in [0.05, 0.1) is 12.3 Å². The van der Waals surface area contributed by atoms with Gasteiger partial charge >= 0.3 is 0 Å². The van der Waals surface area contributed by atoms with Gasteiger partial charge in [0.15, 0.2) is 0 Å². The predicted molar refractivity (Wildman–Crippen MR) is 99.0 cm³/mol. The molecule has 0 amide bonds. The molecule has 1 saturated heterocycles. The first-order valence-electron chi connectivity index (χ1n) is 8.63. The summed E-state index contributed by atoms with van der Waals surface area (Å²) in [5.41, 5.74) is 2.58. The van der Waals surface area contributed by atoms with E-state index in [1.165, 1.54) is 37.2 Å². The highest BCUT2D eigenvalue weighted by molar-refractivity contribution is 7.09. The van der Waals surface area contributed by atoms with E-state index < -0.39 is 0 Å². The number of benzene rings is 1. The Morgan fingerprint density at radius 2 is 2.00 bits per heavy atom. The minimum absolute atomic E-state index is 0.617. The van der Waals surface area contributed by atoms with E-state index >= 15 is 0 Å². The van der Waals surface area contributed by atoms with Crippen LogP contribution >= 0.6 is 11.3 Å². The van der Waals surface area contributed by atoms with Crippen molar-refractivity contribution < 1.29 is 4.74 Å². The molecule has 0 aliphatic carbocycles. The molecule has 130 valence electrons. The lowest BCUT2D eigenvalue weighted by atomic mass is 10.0. The Morgan fingerprint density at radius 1 is 1.25 bits per heavy atom. The summed E-state index contributed by atoms with van der Waals surface area (Å²) in [6.45, 7) is 4.98. The monoisotopic (exact) mass is 345 g/mol. The van der Waals surface area contributed by atoms with E-state index in [4.69, 9.17) is 4.74 Å². The molecule has 1 fully saturated rings. The van der Waals surface area contributed by atoms with E-state index in [1.807, 2.05) is 0 Å². The first-order valence-corrected chi connectivity index (χ1v) is 9.51. The maximum Gasteiger partial charge on any atom is 0.119 e. The number of thiazole rings is 1. The van der Waals surface area contributed by atoms with Crippen LogP contribution < -0.4 is 0 Å². The van der Waals surface area contributed by atoms with Gasteiger partial charge < -0.3 is 4.74 Å². The Bertz CT molecular complexity index is 608. The van der Waals surface area contributed by atoms with Crippen molar-refractivity contribution in [3.8, 4) is 0 Å². The molecule has 1 aromatic heterocycles. The smallest absolute Gasteiger partial charge is 0.119 e. The highest BCUT2D eigenvalue weighted by atomic mass is 32.1. The van der Waals surface area contributed by atoms with E-state index in [0.29, 0.717) is 12.6 Å². The van der Waals surface area contributed by atoms with Gasteiger partial charge in [0.1, 0.15) is 5.01 Å². The summed E-state index contributed by atoms with van der Waals surface area (Å²) in [7, 11) is 3.95. The third-order valence-corrected chi connectivity index (χ3v) is 5.58. The SMILES string of the molecule is COCc1nc(CN(C)C2CCN(Cc3ccccc3)CC2)cs1. The van der Waals surface area contributed by atoms with E-state index in [-0.39, 0.29) is 0 Å². The molecule has 1 aliphatic heterocycles. The molecule has 1 aromatic carbocycles. The van der Waals surface area contributed by atoms with Crippen LogP contribution in [0.1, 0.15) is 29.1 Å². The molecule has 4 nitrogen and oxygen atoms in total. The fraction of sp³-hybridized carbons (Fsp3) is 0.526. The Balaban J connectivity index is 1.45. The first-order chi connectivity index (χ1) is 11.7. The molecule has 0 radical (unpaired) electrons. The molecule has 0 atom stereocenters. The summed E-state index contributed by atoms with van der Waals surface area (Å²) in [5.74, 6) is 0. The van der Waals surface area contributed by atoms with Gasteiger partial charge in [-0.05, 0) is 38.5 Å². The third kappa shape index (κ3) is 4.86. The lowest BCUT2D eigenvalue weighted by Crippen LogP contribution is -2.42. The predicted octanol–water partition coefficient (Wildman–Crippen LogP) is 3.39. The molecule has 0 spiro atoms. The lowest BCUT2D eigenvalue weighted by molar-refractivity contribution is 0.118. The Morgan fingerprint density at radius 3 is 2.71 bits per heavy atom. The van der Waals surface area contributed by atoms with Crippen molar-refractivity contribution in [1.82, 2.24) is 14.8 Å². The van der Waals surface area contributed by atoms with Crippen LogP contribution in [0.15, 0.2) is 35.7 Å². The highest BCUT2D eigenvalue weighted by Crippen LogP contribution is 2.20. The normalized spacial score (nSPS) is 16.8. The second-order valence-electron chi connectivity index (χ2n) is 6.57. The van der Waals surface area contributed by atoms with Crippen molar-refractivity contribution >= 4 is 11.3 Å². The Labute approximate surface area is 149 Å². The van der Waals surface area contributed by atoms with E-state index in [1.54, 1.807) is 18.4 Å². The van der Waals surface area contributed by atoms with Crippen molar-refractivity contribution in [1.29, 1.82) is 0 Å². The average molecular weight is 346 g/mol. The standard InChI is InChI=1S/C19H27N3OS/c1-21(13-17-15-24-19(20-17)14-23-2)18-8-10-22(11-9-18)12-16-6-4-3-5-7-16/h3-7,15,18H,8-14H2,1-2H3. The molecule has 24 heavy (non-hydrogen) atoms. The third-order valence-electron chi connectivity index (χ3n) is 4.71. The van der Waals surface area contributed by atoms with Gasteiger partial charge in [-0.25, -0.2) is 4.98 Å². The molecule has 2 heterocycles. The second kappa shape index (κ2) is 8.72. The largest absolute Gasteiger partial charge is 0.378 e. The molecular weight excluding hydrogens is 318 g/mol. The van der Waals surface area contributed by atoms with E-state index in [2.05, 4.69) is 57.5 Å². The van der Waals surface area contributed by atoms with Crippen LogP contribution in [0, 0.1) is 0 Å². The Hall–Kier alpha value is -1.27.